The molecule has 0 spiro atoms. The Bertz CT molecular complexity index is 686. The fraction of sp³-hybridized carbons (Fsp3) is 0.696. The molecule has 0 saturated heterocycles. The molecule has 0 heterocycles. The van der Waals surface area contributed by atoms with Gasteiger partial charge in [0.05, 0.1) is 5.92 Å². The standard InChI is InChI=1S/C23H28O/c1-5-15-9-11-22(3)17(13-15)7-8-18-19(22)10-12-23(4)20(18)14-16(6-2)21(23)24/h1-2,7,15-16,18-20H,8-14H2,3-4H3/t15-,16+,18+,19-,20-,22-,23-/m0/s1. The molecule has 4 rings (SSSR count). The van der Waals surface area contributed by atoms with Crippen LogP contribution in [-0.4, -0.2) is 5.78 Å². The van der Waals surface area contributed by atoms with Gasteiger partial charge in [-0.1, -0.05) is 31.4 Å². The SMILES string of the molecule is C#C[C@H]1CC[C@@]2(C)C(=CC[C@@H]3[C@@H]2CC[C@]2(C)C(=O)[C@H](C#C)C[C@@H]32)C1. The maximum Gasteiger partial charge on any atom is 0.153 e. The van der Waals surface area contributed by atoms with Gasteiger partial charge in [0.1, 0.15) is 0 Å². The smallest absolute Gasteiger partial charge is 0.153 e. The van der Waals surface area contributed by atoms with Gasteiger partial charge in [0.25, 0.3) is 0 Å². The minimum Gasteiger partial charge on any atom is -0.298 e. The topological polar surface area (TPSA) is 17.1 Å². The second-order valence-electron chi connectivity index (χ2n) is 9.14. The number of fused-ring (bicyclic) bond motifs is 5. The predicted octanol–water partition coefficient (Wildman–Crippen LogP) is 4.63. The molecule has 0 aromatic carbocycles. The number of ketones is 1. The van der Waals surface area contributed by atoms with Gasteiger partial charge in [-0.15, -0.1) is 18.8 Å². The first-order valence-electron chi connectivity index (χ1n) is 9.60. The van der Waals surface area contributed by atoms with Gasteiger partial charge in [0.2, 0.25) is 0 Å². The number of allylic oxidation sites excluding steroid dienone is 2. The summed E-state index contributed by atoms with van der Waals surface area (Å²) in [6.07, 6.45) is 21.6. The molecule has 0 aliphatic heterocycles. The highest BCUT2D eigenvalue weighted by molar-refractivity contribution is 5.91. The normalized spacial score (nSPS) is 49.9. The maximum atomic E-state index is 12.8. The fourth-order valence-electron chi connectivity index (χ4n) is 6.77. The van der Waals surface area contributed by atoms with Crippen molar-refractivity contribution in [1.82, 2.24) is 0 Å². The van der Waals surface area contributed by atoms with Crippen LogP contribution >= 0.6 is 0 Å². The Labute approximate surface area is 146 Å². The van der Waals surface area contributed by atoms with Crippen LogP contribution in [0.15, 0.2) is 11.6 Å². The summed E-state index contributed by atoms with van der Waals surface area (Å²) in [5, 5.41) is 0. The van der Waals surface area contributed by atoms with E-state index < -0.39 is 0 Å². The average Bonchev–Trinajstić information content (AvgIpc) is 2.85. The lowest BCUT2D eigenvalue weighted by molar-refractivity contribution is -0.133. The molecular formula is C23H28O. The highest BCUT2D eigenvalue weighted by atomic mass is 16.1. The Morgan fingerprint density at radius 2 is 1.83 bits per heavy atom. The van der Waals surface area contributed by atoms with Gasteiger partial charge in [-0.25, -0.2) is 0 Å². The number of terminal acetylenes is 2. The van der Waals surface area contributed by atoms with E-state index in [1.807, 2.05) is 0 Å². The van der Waals surface area contributed by atoms with Gasteiger partial charge in [-0.05, 0) is 68.1 Å². The summed E-state index contributed by atoms with van der Waals surface area (Å²) in [5.41, 5.74) is 1.74. The highest BCUT2D eigenvalue weighted by Crippen LogP contribution is 2.64. The summed E-state index contributed by atoms with van der Waals surface area (Å²) in [4.78, 5) is 12.8. The van der Waals surface area contributed by atoms with E-state index in [9.17, 15) is 4.79 Å². The number of hydrogen-bond donors (Lipinski definition) is 0. The van der Waals surface area contributed by atoms with E-state index in [2.05, 4.69) is 31.8 Å². The van der Waals surface area contributed by atoms with Crippen LogP contribution in [0.5, 0.6) is 0 Å². The largest absolute Gasteiger partial charge is 0.298 e. The second kappa shape index (κ2) is 5.26. The molecule has 7 atom stereocenters. The molecule has 0 bridgehead atoms. The number of carbonyl (C=O) groups excluding carboxylic acids is 1. The van der Waals surface area contributed by atoms with E-state index in [-0.39, 0.29) is 11.3 Å². The Morgan fingerprint density at radius 3 is 2.54 bits per heavy atom. The van der Waals surface area contributed by atoms with Crippen LogP contribution in [0.3, 0.4) is 0 Å². The van der Waals surface area contributed by atoms with E-state index in [1.165, 1.54) is 12.8 Å². The minimum atomic E-state index is -0.171. The summed E-state index contributed by atoms with van der Waals surface area (Å²) in [6.45, 7) is 4.67. The second-order valence-corrected chi connectivity index (χ2v) is 9.14. The molecule has 4 aliphatic carbocycles. The Morgan fingerprint density at radius 1 is 1.08 bits per heavy atom. The molecule has 0 aromatic heterocycles. The molecule has 3 saturated carbocycles. The molecule has 0 radical (unpaired) electrons. The molecule has 4 aliphatic rings. The first-order chi connectivity index (χ1) is 11.4. The molecule has 126 valence electrons. The fourth-order valence-corrected chi connectivity index (χ4v) is 6.77. The van der Waals surface area contributed by atoms with Crippen molar-refractivity contribution in [3.63, 3.8) is 0 Å². The van der Waals surface area contributed by atoms with Crippen molar-refractivity contribution >= 4 is 5.78 Å². The summed E-state index contributed by atoms with van der Waals surface area (Å²) in [6, 6.07) is 0. The summed E-state index contributed by atoms with van der Waals surface area (Å²) < 4.78 is 0. The average molecular weight is 320 g/mol. The van der Waals surface area contributed by atoms with E-state index in [0.717, 1.165) is 32.1 Å². The zero-order valence-electron chi connectivity index (χ0n) is 15.0. The number of rotatable bonds is 0. The van der Waals surface area contributed by atoms with Gasteiger partial charge < -0.3 is 0 Å². The third-order valence-electron chi connectivity index (χ3n) is 8.30. The van der Waals surface area contributed by atoms with Crippen molar-refractivity contribution in [3.8, 4) is 24.7 Å². The monoisotopic (exact) mass is 320 g/mol. The first-order valence-corrected chi connectivity index (χ1v) is 9.60. The number of carbonyl (C=O) groups is 1. The van der Waals surface area contributed by atoms with Crippen molar-refractivity contribution in [2.45, 2.75) is 58.8 Å². The van der Waals surface area contributed by atoms with Crippen LogP contribution in [0.4, 0.5) is 0 Å². The van der Waals surface area contributed by atoms with Crippen molar-refractivity contribution in [3.05, 3.63) is 11.6 Å². The van der Waals surface area contributed by atoms with E-state index in [0.29, 0.717) is 34.9 Å². The van der Waals surface area contributed by atoms with Crippen molar-refractivity contribution in [1.29, 1.82) is 0 Å². The van der Waals surface area contributed by atoms with Crippen LogP contribution < -0.4 is 0 Å². The summed E-state index contributed by atoms with van der Waals surface area (Å²) >= 11 is 0. The quantitative estimate of drug-likeness (QED) is 0.470. The first kappa shape index (κ1) is 16.0. The van der Waals surface area contributed by atoms with Crippen LogP contribution in [0.25, 0.3) is 0 Å². The lowest BCUT2D eigenvalue weighted by Crippen LogP contribution is -2.50. The Kier molecular flexibility index (Phi) is 3.51. The third-order valence-corrected chi connectivity index (χ3v) is 8.30. The molecule has 0 N–H and O–H groups in total. The van der Waals surface area contributed by atoms with Crippen molar-refractivity contribution in [2.75, 3.05) is 0 Å². The zero-order chi connectivity index (χ0) is 17.1. The number of Topliss-reactive ketones (excluding diaryl/α,β-unsaturated/α-hetero) is 1. The van der Waals surface area contributed by atoms with E-state index >= 15 is 0 Å². The van der Waals surface area contributed by atoms with Gasteiger partial charge >= 0.3 is 0 Å². The summed E-state index contributed by atoms with van der Waals surface area (Å²) in [5.74, 6) is 8.21. The van der Waals surface area contributed by atoms with E-state index in [4.69, 9.17) is 12.8 Å². The van der Waals surface area contributed by atoms with Crippen LogP contribution in [-0.2, 0) is 4.79 Å². The molecule has 24 heavy (non-hydrogen) atoms. The van der Waals surface area contributed by atoms with Crippen LogP contribution in [0, 0.1) is 65.1 Å². The van der Waals surface area contributed by atoms with Gasteiger partial charge in [0.15, 0.2) is 5.78 Å². The third kappa shape index (κ3) is 1.94. The molecule has 0 unspecified atom stereocenters. The predicted molar refractivity (Wildman–Crippen MR) is 96.7 cm³/mol. The summed E-state index contributed by atoms with van der Waals surface area (Å²) in [7, 11) is 0. The van der Waals surface area contributed by atoms with Gasteiger partial charge in [-0.2, -0.15) is 0 Å². The van der Waals surface area contributed by atoms with Crippen LogP contribution in [0.1, 0.15) is 58.8 Å². The lowest BCUT2D eigenvalue weighted by atomic mass is 9.47. The van der Waals surface area contributed by atoms with Crippen molar-refractivity contribution < 1.29 is 4.79 Å². The number of hydrogen-bond acceptors (Lipinski definition) is 1. The molecule has 1 heteroatoms. The lowest BCUT2D eigenvalue weighted by Gasteiger charge is -2.56. The van der Waals surface area contributed by atoms with E-state index in [1.54, 1.807) is 5.57 Å². The highest BCUT2D eigenvalue weighted by Gasteiger charge is 2.60. The molecular weight excluding hydrogens is 292 g/mol. The molecule has 1 nitrogen and oxygen atoms in total. The van der Waals surface area contributed by atoms with Gasteiger partial charge in [0, 0.05) is 11.3 Å². The van der Waals surface area contributed by atoms with Crippen LogP contribution in [0.2, 0.25) is 0 Å². The Hall–Kier alpha value is -1.47. The minimum absolute atomic E-state index is 0.144. The van der Waals surface area contributed by atoms with Crippen molar-refractivity contribution in [2.24, 2.45) is 40.4 Å². The molecule has 0 aromatic rings. The van der Waals surface area contributed by atoms with Gasteiger partial charge in [-0.3, -0.25) is 4.79 Å². The zero-order valence-corrected chi connectivity index (χ0v) is 15.0. The molecule has 3 fully saturated rings. The maximum absolute atomic E-state index is 12.8. The molecule has 0 amide bonds. The Balaban J connectivity index is 1.68.